The number of thioether (sulfide) groups is 4. The van der Waals surface area contributed by atoms with Crippen molar-refractivity contribution in [2.24, 2.45) is 11.7 Å². The zero-order valence-electron chi connectivity index (χ0n) is 60.0. The molecule has 0 radical (unpaired) electrons. The van der Waals surface area contributed by atoms with Gasteiger partial charge < -0.3 is 52.4 Å². The molecule has 97 heavy (non-hydrogen) atoms. The number of rotatable bonds is 55. The minimum atomic E-state index is -1.19. The zero-order valence-corrected chi connectivity index (χ0v) is 63.2. The summed E-state index contributed by atoms with van der Waals surface area (Å²) in [6, 6.07) is -6.25. The van der Waals surface area contributed by atoms with Crippen LogP contribution in [0.15, 0.2) is 34.9 Å². The van der Waals surface area contributed by atoms with Crippen LogP contribution in [-0.4, -0.2) is 196 Å². The molecule has 0 saturated carbocycles. The first kappa shape index (κ1) is 88.0. The lowest BCUT2D eigenvalue weighted by Gasteiger charge is -2.30. The van der Waals surface area contributed by atoms with Crippen LogP contribution < -0.4 is 37.6 Å². The molecule has 0 spiro atoms. The van der Waals surface area contributed by atoms with Crippen LogP contribution in [0.1, 0.15) is 222 Å². The second-order valence-corrected chi connectivity index (χ2v) is 30.8. The number of amides is 9. The van der Waals surface area contributed by atoms with Crippen molar-refractivity contribution >= 4 is 112 Å². The second kappa shape index (κ2) is 52.9. The third-order valence-corrected chi connectivity index (χ3v) is 21.0. The monoisotopic (exact) mass is 1440 g/mol. The van der Waals surface area contributed by atoms with Gasteiger partial charge in [0, 0.05) is 48.9 Å². The van der Waals surface area contributed by atoms with E-state index in [2.05, 4.69) is 84.7 Å². The summed E-state index contributed by atoms with van der Waals surface area (Å²) in [7, 11) is 1.26. The number of esters is 1. The predicted octanol–water partition coefficient (Wildman–Crippen LogP) is 9.32. The molecule has 22 nitrogen and oxygen atoms in total. The molecule has 2 unspecified atom stereocenters. The molecule has 2 saturated heterocycles. The average Bonchev–Trinajstić information content (AvgIpc) is 1.75. The standard InChI is InChI=1S/C71H121N9O13S4/c1-10-11-12-13-14-15-16-17-18-19-20-21-22-26-40-95-48-57(76-62(82)45-73-61(81)35-24-23-25-38-80-64(84)44-60(69(80)89)97-47-54(72)70(90)91)66(86)77-55(37-41-94-9)65(85)74-46-63(83)75-56(43-51(4)5)68(88)79-39-29-34-59(79)67(87)78-58(71(92)93-8)49-96-42-36-53(7)33-28-32-52(6)31-27-30-50(2)3/h30,32,36,51,54-60H,10-29,31,33-35,37-49,72H2,1-9H3,(H,73,81)(H,74,85)(H,75,83)(H,76,82)(H,77,86)(H,78,87)(H,90,91)/b52-32+,53-36+/t54?,55-,56-,57-,58-,59-,60?/m0/s1. The van der Waals surface area contributed by atoms with E-state index < -0.39 is 108 Å². The van der Waals surface area contributed by atoms with Gasteiger partial charge in [-0.2, -0.15) is 35.3 Å². The highest BCUT2D eigenvalue weighted by Gasteiger charge is 2.41. The topological polar surface area (TPSA) is 322 Å². The number of ether oxygens (including phenoxy) is 1. The number of imide groups is 1. The molecule has 26 heteroatoms. The molecule has 2 rings (SSSR count). The average molecular weight is 1440 g/mol. The Morgan fingerprint density at radius 1 is 0.649 bits per heavy atom. The highest BCUT2D eigenvalue weighted by molar-refractivity contribution is 8.00. The molecule has 9 N–H and O–H groups in total. The molecule has 9 amide bonds. The van der Waals surface area contributed by atoms with E-state index in [1.165, 1.54) is 128 Å². The van der Waals surface area contributed by atoms with Crippen molar-refractivity contribution in [2.75, 3.05) is 74.1 Å². The maximum absolute atomic E-state index is 14.4. The number of likely N-dealkylation sites (tertiary alicyclic amines) is 2. The molecule has 0 aromatic carbocycles. The van der Waals surface area contributed by atoms with E-state index in [1.807, 2.05) is 20.1 Å². The Bertz CT molecular complexity index is 2530. The number of carbonyl (C=O) groups excluding carboxylic acids is 10. The fourth-order valence-electron chi connectivity index (χ4n) is 11.2. The number of methoxy groups -OCH3 is 1. The van der Waals surface area contributed by atoms with Crippen LogP contribution in [0.5, 0.6) is 0 Å². The van der Waals surface area contributed by atoms with E-state index >= 15 is 0 Å². The number of carboxylic acids is 1. The molecule has 7 atom stereocenters. The fraction of sp³-hybridized carbons (Fsp3) is 0.761. The summed E-state index contributed by atoms with van der Waals surface area (Å²) in [6.07, 6.45) is 32.2. The fourth-order valence-corrected chi connectivity index (χ4v) is 14.8. The van der Waals surface area contributed by atoms with E-state index in [0.29, 0.717) is 43.6 Å². The maximum Gasteiger partial charge on any atom is 0.329 e. The quantitative estimate of drug-likeness (QED) is 0.0122. The lowest BCUT2D eigenvalue weighted by Crippen LogP contribution is -2.57. The molecular weight excluding hydrogens is 1320 g/mol. The van der Waals surface area contributed by atoms with Crippen LogP contribution in [0.3, 0.4) is 0 Å². The first-order chi connectivity index (χ1) is 46.4. The van der Waals surface area contributed by atoms with Gasteiger partial charge in [0.2, 0.25) is 53.2 Å². The van der Waals surface area contributed by atoms with Crippen LogP contribution in [-0.2, 0) is 57.5 Å². The first-order valence-corrected chi connectivity index (χ1v) is 40.3. The summed E-state index contributed by atoms with van der Waals surface area (Å²) in [6.45, 7) is 13.9. The van der Waals surface area contributed by atoms with Gasteiger partial charge in [0.1, 0.15) is 36.3 Å². The van der Waals surface area contributed by atoms with E-state index in [9.17, 15) is 52.7 Å². The number of nitrogens with two attached hydrogens (primary N) is 1. The van der Waals surface area contributed by atoms with Crippen LogP contribution in [0.2, 0.25) is 0 Å². The molecule has 2 fully saturated rings. The summed E-state index contributed by atoms with van der Waals surface area (Å²) < 4.78 is 5.07. The van der Waals surface area contributed by atoms with E-state index in [-0.39, 0.29) is 73.8 Å². The van der Waals surface area contributed by atoms with E-state index in [1.54, 1.807) is 0 Å². The summed E-state index contributed by atoms with van der Waals surface area (Å²) in [5, 5.41) is 24.8. The summed E-state index contributed by atoms with van der Waals surface area (Å²) in [4.78, 5) is 149. The Kier molecular flexibility index (Phi) is 48.0. The van der Waals surface area contributed by atoms with Gasteiger partial charge in [-0.3, -0.25) is 52.8 Å². The van der Waals surface area contributed by atoms with Crippen molar-refractivity contribution in [1.82, 2.24) is 41.7 Å². The molecule has 0 aliphatic carbocycles. The highest BCUT2D eigenvalue weighted by Crippen LogP contribution is 2.27. The van der Waals surface area contributed by atoms with Gasteiger partial charge in [-0.1, -0.05) is 146 Å². The Balaban J connectivity index is 2.06. The molecule has 2 aliphatic heterocycles. The zero-order chi connectivity index (χ0) is 71.9. The Hall–Kier alpha value is -5.05. The first-order valence-electron chi connectivity index (χ1n) is 35.6. The number of carboxylic acid groups (broad SMARTS) is 1. The molecule has 0 aromatic heterocycles. The third kappa shape index (κ3) is 39.5. The van der Waals surface area contributed by atoms with Gasteiger partial charge in [0.05, 0.1) is 25.4 Å². The molecule has 2 heterocycles. The predicted molar refractivity (Wildman–Crippen MR) is 395 cm³/mol. The van der Waals surface area contributed by atoms with Crippen molar-refractivity contribution in [2.45, 2.75) is 263 Å². The number of hydrogen-bond acceptors (Lipinski definition) is 17. The highest BCUT2D eigenvalue weighted by atomic mass is 32.2. The molecule has 2 aliphatic rings. The minimum Gasteiger partial charge on any atom is -0.480 e. The lowest BCUT2D eigenvalue weighted by atomic mass is 10.0. The van der Waals surface area contributed by atoms with Crippen molar-refractivity contribution in [3.63, 3.8) is 0 Å². The van der Waals surface area contributed by atoms with Gasteiger partial charge in [-0.05, 0) is 122 Å². The normalized spacial score (nSPS) is 16.5. The van der Waals surface area contributed by atoms with Crippen LogP contribution in [0.4, 0.5) is 0 Å². The number of unbranched alkanes of at least 4 members (excludes halogenated alkanes) is 15. The van der Waals surface area contributed by atoms with Gasteiger partial charge in [0.15, 0.2) is 0 Å². The number of nitrogens with one attached hydrogen (secondary N) is 6. The van der Waals surface area contributed by atoms with Crippen LogP contribution >= 0.6 is 47.0 Å². The van der Waals surface area contributed by atoms with Crippen LogP contribution in [0, 0.1) is 5.92 Å². The molecular formula is C71H121N9O13S4. The summed E-state index contributed by atoms with van der Waals surface area (Å²) in [5.74, 6) is -4.26. The Morgan fingerprint density at radius 2 is 1.24 bits per heavy atom. The SMILES string of the molecule is CCCCCCCCCCCCCCCCSC[C@H](NC(=O)CNC(=O)CCCCCN1C(=O)CC(SCC(N)C(=O)O)C1=O)C(=O)N[C@@H](CCSC)C(=O)NCC(=O)N[C@@H](CC(C)C)C(=O)N1CCC[C@H]1C(=O)N[C@@H](CSC/C=C(\C)CC/C=C(\C)CCC=C(C)C)C(=O)OC. The van der Waals surface area contributed by atoms with Gasteiger partial charge in [0.25, 0.3) is 0 Å². The van der Waals surface area contributed by atoms with E-state index in [4.69, 9.17) is 15.6 Å². The maximum atomic E-state index is 14.4. The van der Waals surface area contributed by atoms with Gasteiger partial charge >= 0.3 is 11.9 Å². The van der Waals surface area contributed by atoms with Gasteiger partial charge in [-0.25, -0.2) is 4.79 Å². The minimum absolute atomic E-state index is 0.00650. The van der Waals surface area contributed by atoms with Crippen molar-refractivity contribution in [3.05, 3.63) is 34.9 Å². The largest absolute Gasteiger partial charge is 0.480 e. The summed E-state index contributed by atoms with van der Waals surface area (Å²) in [5.41, 5.74) is 9.48. The number of allylic oxidation sites excluding steroid dienone is 5. The van der Waals surface area contributed by atoms with Crippen molar-refractivity contribution < 1.29 is 62.6 Å². The van der Waals surface area contributed by atoms with Crippen molar-refractivity contribution in [1.29, 1.82) is 0 Å². The van der Waals surface area contributed by atoms with Gasteiger partial charge in [-0.15, -0.1) is 11.8 Å². The van der Waals surface area contributed by atoms with E-state index in [0.717, 1.165) is 73.8 Å². The summed E-state index contributed by atoms with van der Waals surface area (Å²) >= 11 is 5.49. The number of carbonyl (C=O) groups is 11. The number of nitrogens with zero attached hydrogens (tertiary/aromatic N) is 2. The van der Waals surface area contributed by atoms with Crippen LogP contribution in [0.25, 0.3) is 0 Å². The lowest BCUT2D eigenvalue weighted by molar-refractivity contribution is -0.146. The molecule has 0 aromatic rings. The smallest absolute Gasteiger partial charge is 0.329 e. The molecule has 0 bridgehead atoms. The Labute approximate surface area is 597 Å². The number of aliphatic carboxylic acids is 1. The third-order valence-electron chi connectivity index (χ3n) is 16.9. The second-order valence-electron chi connectivity index (χ2n) is 26.3. The molecule has 552 valence electrons. The van der Waals surface area contributed by atoms with Crippen molar-refractivity contribution in [3.8, 4) is 0 Å². The number of hydrogen-bond donors (Lipinski definition) is 8. The Morgan fingerprint density at radius 3 is 1.85 bits per heavy atom.